The molecule has 5 rings (SSSR count). The summed E-state index contributed by atoms with van der Waals surface area (Å²) in [6.07, 6.45) is 0. The third kappa shape index (κ3) is 4.02. The van der Waals surface area contributed by atoms with Crippen molar-refractivity contribution in [1.82, 2.24) is 0 Å². The zero-order valence-corrected chi connectivity index (χ0v) is 19.4. The first-order chi connectivity index (χ1) is 15.9. The third-order valence-electron chi connectivity index (χ3n) is 5.63. The largest absolute Gasteiger partial charge is 0.144 e. The van der Waals surface area contributed by atoms with Crippen molar-refractivity contribution >= 4 is 40.2 Å². The standard InChI is InChI=1S/C30H24PS/c1-5-13-25(14-6-1)31(26-15-7-2-8-16-26,27-17-9-3-10-18-27)28-21-23-30(24-22-28)32-29-19-11-4-12-20-29/h1-24H/q+1. The Balaban J connectivity index is 1.70. The van der Waals surface area contributed by atoms with Crippen LogP contribution in [0.25, 0.3) is 0 Å². The Hall–Kier alpha value is -3.12. The second-order valence-electron chi connectivity index (χ2n) is 7.59. The first-order valence-electron chi connectivity index (χ1n) is 10.8. The zero-order valence-electron chi connectivity index (χ0n) is 17.7. The molecule has 0 aromatic heterocycles. The summed E-state index contributed by atoms with van der Waals surface area (Å²) >= 11 is 1.81. The molecule has 0 nitrogen and oxygen atoms in total. The summed E-state index contributed by atoms with van der Waals surface area (Å²) in [4.78, 5) is 2.52. The van der Waals surface area contributed by atoms with E-state index in [2.05, 4.69) is 146 Å². The molecule has 0 heterocycles. The summed E-state index contributed by atoms with van der Waals surface area (Å²) in [5.74, 6) is 0. The predicted octanol–water partition coefficient (Wildman–Crippen LogP) is 6.46. The number of rotatable bonds is 6. The van der Waals surface area contributed by atoms with Crippen molar-refractivity contribution in [2.75, 3.05) is 0 Å². The van der Waals surface area contributed by atoms with Crippen molar-refractivity contribution in [2.24, 2.45) is 0 Å². The van der Waals surface area contributed by atoms with E-state index in [0.29, 0.717) is 0 Å². The van der Waals surface area contributed by atoms with Gasteiger partial charge in [-0.1, -0.05) is 84.6 Å². The van der Waals surface area contributed by atoms with Gasteiger partial charge in [0.05, 0.1) is 0 Å². The summed E-state index contributed by atoms with van der Waals surface area (Å²) in [7, 11) is -2.02. The maximum atomic E-state index is 2.34. The molecule has 0 saturated heterocycles. The Morgan fingerprint density at radius 2 is 0.625 bits per heavy atom. The minimum Gasteiger partial charge on any atom is -0.0901 e. The first kappa shape index (κ1) is 20.8. The van der Waals surface area contributed by atoms with Crippen LogP contribution in [0.5, 0.6) is 0 Å². The Morgan fingerprint density at radius 1 is 0.312 bits per heavy atom. The van der Waals surface area contributed by atoms with Gasteiger partial charge in [-0.25, -0.2) is 0 Å². The quantitative estimate of drug-likeness (QED) is 0.269. The van der Waals surface area contributed by atoms with Crippen LogP contribution < -0.4 is 21.2 Å². The third-order valence-corrected chi connectivity index (χ3v) is 10.9. The second kappa shape index (κ2) is 9.57. The van der Waals surface area contributed by atoms with E-state index in [0.717, 1.165) is 0 Å². The fraction of sp³-hybridized carbons (Fsp3) is 0. The lowest BCUT2D eigenvalue weighted by atomic mass is 10.3. The Morgan fingerprint density at radius 3 is 1.03 bits per heavy atom. The maximum absolute atomic E-state index is 2.34. The number of hydrogen-bond donors (Lipinski definition) is 0. The topological polar surface area (TPSA) is 0 Å². The van der Waals surface area contributed by atoms with Crippen LogP contribution in [0, 0.1) is 0 Å². The molecule has 0 bridgehead atoms. The fourth-order valence-electron chi connectivity index (χ4n) is 4.21. The Kier molecular flexibility index (Phi) is 6.21. The van der Waals surface area contributed by atoms with Crippen LogP contribution in [-0.4, -0.2) is 0 Å². The Bertz CT molecular complexity index is 1160. The molecule has 0 saturated carbocycles. The van der Waals surface area contributed by atoms with Crippen molar-refractivity contribution in [2.45, 2.75) is 9.79 Å². The lowest BCUT2D eigenvalue weighted by Gasteiger charge is -2.27. The van der Waals surface area contributed by atoms with E-state index in [4.69, 9.17) is 0 Å². The van der Waals surface area contributed by atoms with Gasteiger partial charge in [-0.05, 0) is 72.8 Å². The molecule has 0 aliphatic carbocycles. The summed E-state index contributed by atoms with van der Waals surface area (Å²) in [5, 5.41) is 5.50. The molecule has 0 atom stereocenters. The normalized spacial score (nSPS) is 11.2. The van der Waals surface area contributed by atoms with Crippen LogP contribution in [0.1, 0.15) is 0 Å². The monoisotopic (exact) mass is 447 g/mol. The minimum atomic E-state index is -2.02. The lowest BCUT2D eigenvalue weighted by molar-refractivity contribution is 1.41. The fourth-order valence-corrected chi connectivity index (χ4v) is 9.29. The molecular weight excluding hydrogens is 423 g/mol. The van der Waals surface area contributed by atoms with E-state index in [1.807, 2.05) is 0 Å². The molecule has 0 fully saturated rings. The molecule has 5 aromatic rings. The summed E-state index contributed by atoms with van der Waals surface area (Å²) < 4.78 is 0. The van der Waals surface area contributed by atoms with E-state index in [1.165, 1.54) is 31.0 Å². The highest BCUT2D eigenvalue weighted by Gasteiger charge is 2.47. The van der Waals surface area contributed by atoms with E-state index in [-0.39, 0.29) is 0 Å². The van der Waals surface area contributed by atoms with Crippen LogP contribution in [0.3, 0.4) is 0 Å². The van der Waals surface area contributed by atoms with Crippen LogP contribution >= 0.6 is 19.0 Å². The van der Waals surface area contributed by atoms with E-state index < -0.39 is 7.26 Å². The molecule has 0 aliphatic heterocycles. The molecule has 2 heteroatoms. The van der Waals surface area contributed by atoms with Crippen LogP contribution in [0.4, 0.5) is 0 Å². The molecule has 0 amide bonds. The van der Waals surface area contributed by atoms with Gasteiger partial charge in [-0.3, -0.25) is 0 Å². The van der Waals surface area contributed by atoms with Crippen molar-refractivity contribution < 1.29 is 0 Å². The average Bonchev–Trinajstić information content (AvgIpc) is 2.88. The zero-order chi connectivity index (χ0) is 21.6. The van der Waals surface area contributed by atoms with Crippen molar-refractivity contribution in [3.8, 4) is 0 Å². The second-order valence-corrected chi connectivity index (χ2v) is 12.1. The smallest absolute Gasteiger partial charge is 0.0901 e. The van der Waals surface area contributed by atoms with Gasteiger partial charge in [-0.2, -0.15) is 0 Å². The van der Waals surface area contributed by atoms with Crippen LogP contribution in [0.15, 0.2) is 155 Å². The van der Waals surface area contributed by atoms with Gasteiger partial charge in [0.2, 0.25) is 0 Å². The molecule has 0 radical (unpaired) electrons. The van der Waals surface area contributed by atoms with Crippen molar-refractivity contribution in [1.29, 1.82) is 0 Å². The van der Waals surface area contributed by atoms with Gasteiger partial charge in [0, 0.05) is 9.79 Å². The Labute approximate surface area is 195 Å². The van der Waals surface area contributed by atoms with Gasteiger partial charge in [0.15, 0.2) is 0 Å². The van der Waals surface area contributed by atoms with Crippen LogP contribution in [0.2, 0.25) is 0 Å². The molecule has 0 N–H and O–H groups in total. The average molecular weight is 448 g/mol. The highest BCUT2D eigenvalue weighted by molar-refractivity contribution is 8.01. The molecular formula is C30H24PS+. The van der Waals surface area contributed by atoms with Gasteiger partial charge in [0.25, 0.3) is 0 Å². The number of hydrogen-bond acceptors (Lipinski definition) is 1. The van der Waals surface area contributed by atoms with Crippen molar-refractivity contribution in [3.63, 3.8) is 0 Å². The number of benzene rings is 5. The maximum Gasteiger partial charge on any atom is 0.144 e. The molecule has 0 unspecified atom stereocenters. The van der Waals surface area contributed by atoms with E-state index in [9.17, 15) is 0 Å². The van der Waals surface area contributed by atoms with Gasteiger partial charge in [-0.15, -0.1) is 0 Å². The summed E-state index contributed by atoms with van der Waals surface area (Å²) in [6, 6.07) is 52.8. The highest BCUT2D eigenvalue weighted by Crippen LogP contribution is 2.54. The lowest BCUT2D eigenvalue weighted by Crippen LogP contribution is -2.38. The molecule has 0 aliphatic rings. The van der Waals surface area contributed by atoms with Crippen LogP contribution in [-0.2, 0) is 0 Å². The van der Waals surface area contributed by atoms with Gasteiger partial charge < -0.3 is 0 Å². The first-order valence-corrected chi connectivity index (χ1v) is 13.4. The van der Waals surface area contributed by atoms with Gasteiger partial charge in [0.1, 0.15) is 28.5 Å². The predicted molar refractivity (Wildman–Crippen MR) is 142 cm³/mol. The van der Waals surface area contributed by atoms with E-state index in [1.54, 1.807) is 11.8 Å². The molecule has 0 spiro atoms. The van der Waals surface area contributed by atoms with Crippen molar-refractivity contribution in [3.05, 3.63) is 146 Å². The minimum absolute atomic E-state index is 1.26. The molecule has 5 aromatic carbocycles. The van der Waals surface area contributed by atoms with Gasteiger partial charge >= 0.3 is 0 Å². The molecule has 32 heavy (non-hydrogen) atoms. The SMILES string of the molecule is c1ccc(Sc2ccc([P+](c3ccccc3)(c3ccccc3)c3ccccc3)cc2)cc1. The summed E-state index contributed by atoms with van der Waals surface area (Å²) in [5.41, 5.74) is 0. The van der Waals surface area contributed by atoms with E-state index >= 15 is 0 Å². The molecule has 154 valence electrons. The summed E-state index contributed by atoms with van der Waals surface area (Å²) in [6.45, 7) is 0. The highest BCUT2D eigenvalue weighted by atomic mass is 32.2.